The lowest BCUT2D eigenvalue weighted by atomic mass is 10.1. The van der Waals surface area contributed by atoms with Crippen molar-refractivity contribution in [1.29, 1.82) is 0 Å². The van der Waals surface area contributed by atoms with Crippen LogP contribution in [0.2, 0.25) is 0 Å². The maximum absolute atomic E-state index is 12.4. The summed E-state index contributed by atoms with van der Waals surface area (Å²) in [6, 6.07) is 11.6. The molecule has 0 unspecified atom stereocenters. The van der Waals surface area contributed by atoms with E-state index in [1.807, 2.05) is 0 Å². The normalized spacial score (nSPS) is 14.8. The van der Waals surface area contributed by atoms with Gasteiger partial charge < -0.3 is 19.5 Å². The van der Waals surface area contributed by atoms with E-state index in [0.29, 0.717) is 31.9 Å². The quantitative estimate of drug-likeness (QED) is 0.356. The summed E-state index contributed by atoms with van der Waals surface area (Å²) in [5.41, 5.74) is 1.05. The highest BCUT2D eigenvalue weighted by Gasteiger charge is 2.22. The average molecular weight is 401 g/mol. The molecule has 1 N–H and O–H groups in total. The van der Waals surface area contributed by atoms with Crippen molar-refractivity contribution in [3.8, 4) is 17.2 Å². The van der Waals surface area contributed by atoms with Crippen molar-refractivity contribution < 1.29 is 23.8 Å². The summed E-state index contributed by atoms with van der Waals surface area (Å²) < 4.78 is 16.2. The molecule has 1 saturated heterocycles. The number of esters is 1. The van der Waals surface area contributed by atoms with Gasteiger partial charge in [-0.25, -0.2) is 4.79 Å². The Bertz CT molecular complexity index is 938. The van der Waals surface area contributed by atoms with Crippen molar-refractivity contribution in [1.82, 2.24) is 5.32 Å². The van der Waals surface area contributed by atoms with Gasteiger partial charge in [0.15, 0.2) is 11.5 Å². The van der Waals surface area contributed by atoms with Crippen molar-refractivity contribution in [2.75, 3.05) is 14.2 Å². The van der Waals surface area contributed by atoms with Crippen LogP contribution in [-0.4, -0.2) is 30.4 Å². The molecule has 1 aliphatic rings. The van der Waals surface area contributed by atoms with Crippen LogP contribution in [0.15, 0.2) is 47.4 Å². The summed E-state index contributed by atoms with van der Waals surface area (Å²) in [5.74, 6) is 0.507. The Balaban J connectivity index is 1.85. The lowest BCUT2D eigenvalue weighted by Crippen LogP contribution is -2.17. The second kappa shape index (κ2) is 8.24. The van der Waals surface area contributed by atoms with Crippen LogP contribution in [0.1, 0.15) is 15.9 Å². The van der Waals surface area contributed by atoms with E-state index in [9.17, 15) is 9.59 Å². The van der Waals surface area contributed by atoms with E-state index in [1.165, 1.54) is 18.9 Å². The van der Waals surface area contributed by atoms with Gasteiger partial charge in [-0.05, 0) is 48.0 Å². The number of ether oxygens (including phenoxy) is 3. The second-order valence-corrected chi connectivity index (χ2v) is 7.10. The molecule has 0 spiro atoms. The van der Waals surface area contributed by atoms with Crippen molar-refractivity contribution in [2.24, 2.45) is 0 Å². The van der Waals surface area contributed by atoms with Crippen LogP contribution in [0.4, 0.5) is 0 Å². The SMILES string of the molecule is COc1ccc(C(=O)Oc2cc(C=C3SC(=S)NC3=O)ccc2OC)cc1. The smallest absolute Gasteiger partial charge is 0.343 e. The van der Waals surface area contributed by atoms with Gasteiger partial charge in [0.05, 0.1) is 24.7 Å². The van der Waals surface area contributed by atoms with Gasteiger partial charge in [-0.1, -0.05) is 30.0 Å². The molecule has 1 amide bonds. The summed E-state index contributed by atoms with van der Waals surface area (Å²) >= 11 is 6.16. The van der Waals surface area contributed by atoms with Crippen molar-refractivity contribution in [2.45, 2.75) is 0 Å². The van der Waals surface area contributed by atoms with E-state index in [1.54, 1.807) is 55.7 Å². The van der Waals surface area contributed by atoms with Gasteiger partial charge >= 0.3 is 5.97 Å². The monoisotopic (exact) mass is 401 g/mol. The predicted molar refractivity (Wildman–Crippen MR) is 107 cm³/mol. The Kier molecular flexibility index (Phi) is 5.78. The lowest BCUT2D eigenvalue weighted by molar-refractivity contribution is -0.115. The van der Waals surface area contributed by atoms with Gasteiger partial charge in [-0.3, -0.25) is 4.79 Å². The number of thioether (sulfide) groups is 1. The molecule has 3 rings (SSSR count). The van der Waals surface area contributed by atoms with Crippen LogP contribution in [-0.2, 0) is 4.79 Å². The average Bonchev–Trinajstić information content (AvgIpc) is 2.99. The molecule has 0 bridgehead atoms. The van der Waals surface area contributed by atoms with E-state index >= 15 is 0 Å². The number of benzene rings is 2. The third-order valence-electron chi connectivity index (χ3n) is 3.66. The Labute approximate surface area is 165 Å². The predicted octanol–water partition coefficient (Wildman–Crippen LogP) is 3.41. The Morgan fingerprint density at radius 3 is 2.41 bits per heavy atom. The molecule has 1 heterocycles. The van der Waals surface area contributed by atoms with Gasteiger partial charge in [-0.15, -0.1) is 0 Å². The van der Waals surface area contributed by atoms with Crippen molar-refractivity contribution in [3.63, 3.8) is 0 Å². The minimum Gasteiger partial charge on any atom is -0.497 e. The number of hydrogen-bond acceptors (Lipinski definition) is 7. The largest absolute Gasteiger partial charge is 0.497 e. The van der Waals surface area contributed by atoms with Crippen molar-refractivity contribution >= 4 is 46.3 Å². The van der Waals surface area contributed by atoms with Crippen LogP contribution in [0.5, 0.6) is 17.2 Å². The minimum absolute atomic E-state index is 0.249. The number of carbonyl (C=O) groups excluding carboxylic acids is 2. The highest BCUT2D eigenvalue weighted by Crippen LogP contribution is 2.32. The summed E-state index contributed by atoms with van der Waals surface area (Å²) in [4.78, 5) is 24.7. The zero-order chi connectivity index (χ0) is 19.4. The molecule has 1 aliphatic heterocycles. The maximum atomic E-state index is 12.4. The fraction of sp³-hybridized carbons (Fsp3) is 0.105. The van der Waals surface area contributed by atoms with Crippen LogP contribution in [0.3, 0.4) is 0 Å². The first-order valence-electron chi connectivity index (χ1n) is 7.79. The molecule has 2 aromatic rings. The number of amides is 1. The molecule has 0 saturated carbocycles. The number of rotatable bonds is 5. The van der Waals surface area contributed by atoms with Crippen LogP contribution < -0.4 is 19.5 Å². The van der Waals surface area contributed by atoms with Gasteiger partial charge in [0, 0.05) is 0 Å². The van der Waals surface area contributed by atoms with Crippen molar-refractivity contribution in [3.05, 3.63) is 58.5 Å². The van der Waals surface area contributed by atoms with Crippen LogP contribution >= 0.6 is 24.0 Å². The standard InChI is InChI=1S/C19H15NO5S2/c1-23-13-6-4-12(5-7-13)18(22)25-15-9-11(3-8-14(15)24-2)10-16-17(21)20-19(26)27-16/h3-10H,1-2H3,(H,20,21,26). The molecular weight excluding hydrogens is 386 g/mol. The number of methoxy groups -OCH3 is 2. The second-order valence-electron chi connectivity index (χ2n) is 5.38. The van der Waals surface area contributed by atoms with Gasteiger partial charge in [0.25, 0.3) is 5.91 Å². The van der Waals surface area contributed by atoms with Gasteiger partial charge in [0.2, 0.25) is 0 Å². The lowest BCUT2D eigenvalue weighted by Gasteiger charge is -2.10. The van der Waals surface area contributed by atoms with Crippen LogP contribution in [0.25, 0.3) is 6.08 Å². The molecule has 1 fully saturated rings. The highest BCUT2D eigenvalue weighted by atomic mass is 32.2. The first kappa shape index (κ1) is 18.9. The molecule has 6 nitrogen and oxygen atoms in total. The fourth-order valence-electron chi connectivity index (χ4n) is 2.32. The third-order valence-corrected chi connectivity index (χ3v) is 4.82. The van der Waals surface area contributed by atoms with E-state index in [-0.39, 0.29) is 11.7 Å². The first-order chi connectivity index (χ1) is 13.0. The summed E-state index contributed by atoms with van der Waals surface area (Å²) in [5, 5.41) is 2.55. The van der Waals surface area contributed by atoms with E-state index in [0.717, 1.165) is 0 Å². The zero-order valence-electron chi connectivity index (χ0n) is 14.5. The first-order valence-corrected chi connectivity index (χ1v) is 9.02. The Morgan fingerprint density at radius 2 is 1.81 bits per heavy atom. The minimum atomic E-state index is -0.532. The highest BCUT2D eigenvalue weighted by molar-refractivity contribution is 8.26. The molecular formula is C19H15NO5S2. The Hall–Kier alpha value is -2.84. The topological polar surface area (TPSA) is 73.9 Å². The molecule has 0 aliphatic carbocycles. The molecule has 2 aromatic carbocycles. The maximum Gasteiger partial charge on any atom is 0.343 e. The molecule has 8 heteroatoms. The summed E-state index contributed by atoms with van der Waals surface area (Å²) in [7, 11) is 3.03. The zero-order valence-corrected chi connectivity index (χ0v) is 16.1. The van der Waals surface area contributed by atoms with Gasteiger partial charge in [-0.2, -0.15) is 0 Å². The summed E-state index contributed by atoms with van der Waals surface area (Å²) in [6.45, 7) is 0. The fourth-order valence-corrected chi connectivity index (χ4v) is 3.37. The summed E-state index contributed by atoms with van der Waals surface area (Å²) in [6.07, 6.45) is 1.67. The molecule has 138 valence electrons. The van der Waals surface area contributed by atoms with E-state index in [2.05, 4.69) is 5.32 Å². The van der Waals surface area contributed by atoms with E-state index in [4.69, 9.17) is 26.4 Å². The Morgan fingerprint density at radius 1 is 1.07 bits per heavy atom. The molecule has 0 radical (unpaired) electrons. The van der Waals surface area contributed by atoms with Crippen LogP contribution in [0, 0.1) is 0 Å². The third kappa shape index (κ3) is 4.47. The molecule has 0 aromatic heterocycles. The number of hydrogen-bond donors (Lipinski definition) is 1. The number of nitrogens with one attached hydrogen (secondary N) is 1. The van der Waals surface area contributed by atoms with Gasteiger partial charge in [0.1, 0.15) is 10.1 Å². The molecule has 0 atom stereocenters. The molecule has 27 heavy (non-hydrogen) atoms. The number of carbonyl (C=O) groups is 2. The van der Waals surface area contributed by atoms with E-state index < -0.39 is 5.97 Å². The number of thiocarbonyl (C=S) groups is 1.